The van der Waals surface area contributed by atoms with Crippen molar-refractivity contribution in [2.75, 3.05) is 0 Å². The Morgan fingerprint density at radius 2 is 2.67 bits per heavy atom. The molecule has 0 fully saturated rings. The van der Waals surface area contributed by atoms with Crippen molar-refractivity contribution in [1.29, 1.82) is 0 Å². The average Bonchev–Trinajstić information content (AvgIpc) is 2.14. The molecule has 1 atom stereocenters. The molecule has 0 saturated carbocycles. The highest BCUT2D eigenvalue weighted by Crippen LogP contribution is 2.34. The molecular formula is C5H6ClNOS. The van der Waals surface area contributed by atoms with Gasteiger partial charge in [0.2, 0.25) is 5.91 Å². The van der Waals surface area contributed by atoms with Crippen molar-refractivity contribution in [1.82, 2.24) is 0 Å². The predicted molar refractivity (Wildman–Crippen MR) is 39.1 cm³/mol. The lowest BCUT2D eigenvalue weighted by Gasteiger charge is -1.99. The van der Waals surface area contributed by atoms with Crippen LogP contribution in [0, 0.1) is 0 Å². The van der Waals surface area contributed by atoms with Gasteiger partial charge in [0.1, 0.15) is 0 Å². The molecule has 1 unspecified atom stereocenters. The Morgan fingerprint density at radius 1 is 2.00 bits per heavy atom. The molecule has 0 aromatic carbocycles. The Hall–Kier alpha value is -0.150. The van der Waals surface area contributed by atoms with E-state index in [2.05, 4.69) is 0 Å². The summed E-state index contributed by atoms with van der Waals surface area (Å²) in [6, 6.07) is 0. The number of nitrogens with two attached hydrogens (primary N) is 1. The Balaban J connectivity index is 2.47. The van der Waals surface area contributed by atoms with Gasteiger partial charge in [-0.3, -0.25) is 4.79 Å². The van der Waals surface area contributed by atoms with Gasteiger partial charge in [-0.05, 0) is 6.42 Å². The highest BCUT2D eigenvalue weighted by molar-refractivity contribution is 8.06. The normalized spacial score (nSPS) is 25.9. The number of primary amides is 1. The summed E-state index contributed by atoms with van der Waals surface area (Å²) in [7, 11) is 0. The van der Waals surface area contributed by atoms with Gasteiger partial charge in [-0.15, -0.1) is 11.8 Å². The second-order valence-corrected chi connectivity index (χ2v) is 3.63. The molecule has 50 valence electrons. The van der Waals surface area contributed by atoms with E-state index in [1.807, 2.05) is 6.08 Å². The third-order valence-corrected chi connectivity index (χ3v) is 2.59. The first-order chi connectivity index (χ1) is 4.20. The first-order valence-electron chi connectivity index (χ1n) is 2.52. The van der Waals surface area contributed by atoms with Crippen LogP contribution >= 0.6 is 23.4 Å². The van der Waals surface area contributed by atoms with Gasteiger partial charge in [-0.1, -0.05) is 17.7 Å². The van der Waals surface area contributed by atoms with Crippen molar-refractivity contribution in [3.05, 3.63) is 10.4 Å². The maximum atomic E-state index is 10.5. The van der Waals surface area contributed by atoms with Crippen LogP contribution < -0.4 is 5.73 Å². The number of thioether (sulfide) groups is 1. The maximum Gasteiger partial charge on any atom is 0.231 e. The first kappa shape index (κ1) is 6.96. The van der Waals surface area contributed by atoms with E-state index in [1.165, 1.54) is 11.8 Å². The lowest BCUT2D eigenvalue weighted by Crippen LogP contribution is -2.23. The quantitative estimate of drug-likeness (QED) is 0.628. The second kappa shape index (κ2) is 2.62. The molecule has 0 saturated heterocycles. The number of halogens is 1. The molecule has 4 heteroatoms. The molecule has 1 aliphatic rings. The Labute approximate surface area is 62.4 Å². The zero-order valence-electron chi connectivity index (χ0n) is 4.63. The fourth-order valence-corrected chi connectivity index (χ4v) is 1.79. The minimum atomic E-state index is -0.285. The third-order valence-electron chi connectivity index (χ3n) is 1.06. The number of hydrogen-bond acceptors (Lipinski definition) is 2. The van der Waals surface area contributed by atoms with E-state index < -0.39 is 0 Å². The summed E-state index contributed by atoms with van der Waals surface area (Å²) in [5, 5.41) is -0.127. The Kier molecular flexibility index (Phi) is 2.03. The van der Waals surface area contributed by atoms with Gasteiger partial charge < -0.3 is 5.73 Å². The van der Waals surface area contributed by atoms with Gasteiger partial charge in [0.05, 0.1) is 9.61 Å². The van der Waals surface area contributed by atoms with Crippen molar-refractivity contribution in [2.24, 2.45) is 5.73 Å². The molecule has 2 nitrogen and oxygen atoms in total. The van der Waals surface area contributed by atoms with E-state index >= 15 is 0 Å². The summed E-state index contributed by atoms with van der Waals surface area (Å²) in [5.74, 6) is -0.285. The molecule has 1 heterocycles. The fourth-order valence-electron chi connectivity index (χ4n) is 0.606. The standard InChI is InChI=1S/C5H6ClNOS/c6-4-2-1-3(9-4)5(7)8/h2-3H,1H2,(H2,7,8). The van der Waals surface area contributed by atoms with Crippen molar-refractivity contribution < 1.29 is 4.79 Å². The predicted octanol–water partition coefficient (Wildman–Crippen LogP) is 1.06. The number of hydrogen-bond donors (Lipinski definition) is 1. The monoisotopic (exact) mass is 163 g/mol. The maximum absolute atomic E-state index is 10.5. The molecule has 0 aliphatic carbocycles. The first-order valence-corrected chi connectivity index (χ1v) is 3.77. The van der Waals surface area contributed by atoms with E-state index in [0.29, 0.717) is 10.8 Å². The zero-order valence-corrected chi connectivity index (χ0v) is 6.21. The SMILES string of the molecule is NC(=O)C1CC=C(Cl)S1. The Bertz CT molecular complexity index is 168. The summed E-state index contributed by atoms with van der Waals surface area (Å²) in [5.41, 5.74) is 5.01. The van der Waals surface area contributed by atoms with Crippen LogP contribution in [0.1, 0.15) is 6.42 Å². The molecule has 1 aliphatic heterocycles. The fraction of sp³-hybridized carbons (Fsp3) is 0.400. The molecular weight excluding hydrogens is 158 g/mol. The van der Waals surface area contributed by atoms with Gasteiger partial charge in [0.15, 0.2) is 0 Å². The summed E-state index contributed by atoms with van der Waals surface area (Å²) in [4.78, 5) is 10.5. The lowest BCUT2D eigenvalue weighted by atomic mass is 10.3. The minimum absolute atomic E-state index is 0.127. The molecule has 1 amide bonds. The van der Waals surface area contributed by atoms with E-state index in [1.54, 1.807) is 0 Å². The summed E-state index contributed by atoms with van der Waals surface area (Å²) in [6.07, 6.45) is 2.49. The van der Waals surface area contributed by atoms with Gasteiger partial charge in [-0.25, -0.2) is 0 Å². The number of rotatable bonds is 1. The Morgan fingerprint density at radius 3 is 2.89 bits per heavy atom. The topological polar surface area (TPSA) is 43.1 Å². The van der Waals surface area contributed by atoms with Crippen LogP contribution in [-0.4, -0.2) is 11.2 Å². The molecule has 2 N–H and O–H groups in total. The smallest absolute Gasteiger partial charge is 0.231 e. The number of amides is 1. The minimum Gasteiger partial charge on any atom is -0.369 e. The van der Waals surface area contributed by atoms with Crippen LogP contribution in [0.3, 0.4) is 0 Å². The summed E-state index contributed by atoms with van der Waals surface area (Å²) < 4.78 is 0.679. The second-order valence-electron chi connectivity index (χ2n) is 1.75. The molecule has 0 aromatic heterocycles. The van der Waals surface area contributed by atoms with Gasteiger partial charge in [0, 0.05) is 0 Å². The number of allylic oxidation sites excluding steroid dienone is 1. The molecule has 9 heavy (non-hydrogen) atoms. The highest BCUT2D eigenvalue weighted by atomic mass is 35.5. The molecule has 0 spiro atoms. The highest BCUT2D eigenvalue weighted by Gasteiger charge is 2.20. The van der Waals surface area contributed by atoms with Crippen molar-refractivity contribution in [3.63, 3.8) is 0 Å². The van der Waals surface area contributed by atoms with Crippen LogP contribution in [0.25, 0.3) is 0 Å². The molecule has 0 bridgehead atoms. The van der Waals surface area contributed by atoms with Gasteiger partial charge in [-0.2, -0.15) is 0 Å². The van der Waals surface area contributed by atoms with Gasteiger partial charge in [0.25, 0.3) is 0 Å². The molecule has 0 radical (unpaired) electrons. The van der Waals surface area contributed by atoms with Crippen LogP contribution in [0.15, 0.2) is 10.4 Å². The van der Waals surface area contributed by atoms with Crippen molar-refractivity contribution in [3.8, 4) is 0 Å². The summed E-state index contributed by atoms with van der Waals surface area (Å²) >= 11 is 6.89. The zero-order chi connectivity index (χ0) is 6.85. The van der Waals surface area contributed by atoms with Crippen LogP contribution in [0.2, 0.25) is 0 Å². The van der Waals surface area contributed by atoms with Gasteiger partial charge >= 0.3 is 0 Å². The average molecular weight is 164 g/mol. The molecule has 0 aromatic rings. The lowest BCUT2D eigenvalue weighted by molar-refractivity contribution is -0.117. The largest absolute Gasteiger partial charge is 0.369 e. The van der Waals surface area contributed by atoms with E-state index in [0.717, 1.165) is 0 Å². The van der Waals surface area contributed by atoms with E-state index in [9.17, 15) is 4.79 Å². The van der Waals surface area contributed by atoms with Crippen molar-refractivity contribution in [2.45, 2.75) is 11.7 Å². The van der Waals surface area contributed by atoms with Crippen LogP contribution in [0.5, 0.6) is 0 Å². The number of carbonyl (C=O) groups is 1. The van der Waals surface area contributed by atoms with Crippen LogP contribution in [0.4, 0.5) is 0 Å². The van der Waals surface area contributed by atoms with E-state index in [-0.39, 0.29) is 11.2 Å². The van der Waals surface area contributed by atoms with Crippen molar-refractivity contribution >= 4 is 29.3 Å². The summed E-state index contributed by atoms with van der Waals surface area (Å²) in [6.45, 7) is 0. The van der Waals surface area contributed by atoms with E-state index in [4.69, 9.17) is 17.3 Å². The number of carbonyl (C=O) groups excluding carboxylic acids is 1. The van der Waals surface area contributed by atoms with Crippen LogP contribution in [-0.2, 0) is 4.79 Å². The molecule has 1 rings (SSSR count). The third kappa shape index (κ3) is 1.63.